The number of aryl methyl sites for hydroxylation is 4. The molecule has 2 aromatic rings. The fourth-order valence-electron chi connectivity index (χ4n) is 2.58. The molecule has 2 aromatic carbocycles. The Balaban J connectivity index is 0.000000160. The van der Waals surface area contributed by atoms with E-state index in [0.29, 0.717) is 12.2 Å². The molecular weight excluding hydrogens is 244 g/mol. The number of ketones is 1. The summed E-state index contributed by atoms with van der Waals surface area (Å²) < 4.78 is 0. The van der Waals surface area contributed by atoms with Gasteiger partial charge in [0, 0.05) is 12.0 Å². The van der Waals surface area contributed by atoms with E-state index in [4.69, 9.17) is 0 Å². The zero-order valence-corrected chi connectivity index (χ0v) is 12.8. The van der Waals surface area contributed by atoms with Gasteiger partial charge in [0.25, 0.3) is 0 Å². The predicted molar refractivity (Wildman–Crippen MR) is 84.5 cm³/mol. The van der Waals surface area contributed by atoms with Crippen molar-refractivity contribution in [3.8, 4) is 0 Å². The Hall–Kier alpha value is -1.89. The molecule has 0 radical (unpaired) electrons. The Morgan fingerprint density at radius 1 is 0.700 bits per heavy atom. The van der Waals surface area contributed by atoms with Gasteiger partial charge >= 0.3 is 0 Å². The van der Waals surface area contributed by atoms with E-state index in [-0.39, 0.29) is 0 Å². The van der Waals surface area contributed by atoms with Crippen LogP contribution in [0.5, 0.6) is 0 Å². The SMILES string of the molecule is Cc1ccc(C)c2c1CCC2=O.Cc1ccc(C)cc1. The molecule has 0 heterocycles. The van der Waals surface area contributed by atoms with Crippen molar-refractivity contribution < 1.29 is 4.79 Å². The maximum absolute atomic E-state index is 11.4. The quantitative estimate of drug-likeness (QED) is 0.673. The highest BCUT2D eigenvalue weighted by Crippen LogP contribution is 2.27. The number of carbonyl (C=O) groups excluding carboxylic acids is 1. The molecule has 0 N–H and O–H groups in total. The first kappa shape index (κ1) is 14.5. The Labute approximate surface area is 121 Å². The number of hydrogen-bond acceptors (Lipinski definition) is 1. The van der Waals surface area contributed by atoms with Crippen molar-refractivity contribution in [1.29, 1.82) is 0 Å². The molecule has 0 aromatic heterocycles. The number of carbonyl (C=O) groups is 1. The molecule has 1 aliphatic rings. The topological polar surface area (TPSA) is 17.1 Å². The zero-order chi connectivity index (χ0) is 14.7. The van der Waals surface area contributed by atoms with E-state index in [1.54, 1.807) is 0 Å². The fraction of sp³-hybridized carbons (Fsp3) is 0.316. The highest BCUT2D eigenvalue weighted by molar-refractivity contribution is 6.02. The van der Waals surface area contributed by atoms with Crippen LogP contribution in [0.4, 0.5) is 0 Å². The highest BCUT2D eigenvalue weighted by Gasteiger charge is 2.22. The Bertz CT molecular complexity index is 600. The summed E-state index contributed by atoms with van der Waals surface area (Å²) in [7, 11) is 0. The third-order valence-electron chi connectivity index (χ3n) is 3.85. The van der Waals surface area contributed by atoms with E-state index in [0.717, 1.165) is 17.5 Å². The number of benzene rings is 2. The minimum Gasteiger partial charge on any atom is -0.294 e. The third kappa shape index (κ3) is 3.16. The van der Waals surface area contributed by atoms with E-state index >= 15 is 0 Å². The van der Waals surface area contributed by atoms with Crippen molar-refractivity contribution >= 4 is 5.78 Å². The van der Waals surface area contributed by atoms with Crippen molar-refractivity contribution in [3.05, 3.63) is 69.8 Å². The average Bonchev–Trinajstić information content (AvgIpc) is 2.82. The molecule has 104 valence electrons. The summed E-state index contributed by atoms with van der Waals surface area (Å²) in [6, 6.07) is 12.6. The summed E-state index contributed by atoms with van der Waals surface area (Å²) in [5, 5.41) is 0. The average molecular weight is 266 g/mol. The molecule has 0 fully saturated rings. The second kappa shape index (κ2) is 6.04. The lowest BCUT2D eigenvalue weighted by atomic mass is 10.00. The molecule has 0 saturated heterocycles. The van der Waals surface area contributed by atoms with Gasteiger partial charge in [-0.2, -0.15) is 0 Å². The van der Waals surface area contributed by atoms with Crippen molar-refractivity contribution in [1.82, 2.24) is 0 Å². The molecule has 0 amide bonds. The largest absolute Gasteiger partial charge is 0.294 e. The van der Waals surface area contributed by atoms with E-state index in [2.05, 4.69) is 51.1 Å². The maximum Gasteiger partial charge on any atom is 0.163 e. The Morgan fingerprint density at radius 2 is 1.20 bits per heavy atom. The number of fused-ring (bicyclic) bond motifs is 1. The van der Waals surface area contributed by atoms with Crippen LogP contribution in [0, 0.1) is 27.7 Å². The van der Waals surface area contributed by atoms with Crippen molar-refractivity contribution in [3.63, 3.8) is 0 Å². The molecule has 3 rings (SSSR count). The number of hydrogen-bond donors (Lipinski definition) is 0. The first-order valence-electron chi connectivity index (χ1n) is 7.14. The van der Waals surface area contributed by atoms with Crippen molar-refractivity contribution in [2.75, 3.05) is 0 Å². The molecule has 0 unspecified atom stereocenters. The van der Waals surface area contributed by atoms with E-state index in [1.165, 1.54) is 22.3 Å². The summed E-state index contributed by atoms with van der Waals surface area (Å²) in [6.45, 7) is 8.29. The molecule has 0 bridgehead atoms. The van der Waals surface area contributed by atoms with Gasteiger partial charge in [-0.1, -0.05) is 47.5 Å². The molecular formula is C19H22O. The highest BCUT2D eigenvalue weighted by atomic mass is 16.1. The van der Waals surface area contributed by atoms with Crippen LogP contribution < -0.4 is 0 Å². The second-order valence-electron chi connectivity index (χ2n) is 5.63. The van der Waals surface area contributed by atoms with Gasteiger partial charge in [-0.15, -0.1) is 0 Å². The minimum atomic E-state index is 0.325. The molecule has 0 spiro atoms. The summed E-state index contributed by atoms with van der Waals surface area (Å²) in [5.41, 5.74) is 7.33. The summed E-state index contributed by atoms with van der Waals surface area (Å²) >= 11 is 0. The molecule has 1 heteroatoms. The first-order valence-corrected chi connectivity index (χ1v) is 7.14. The summed E-state index contributed by atoms with van der Waals surface area (Å²) in [6.07, 6.45) is 1.66. The van der Waals surface area contributed by atoms with E-state index in [9.17, 15) is 4.79 Å². The van der Waals surface area contributed by atoms with Gasteiger partial charge in [0.2, 0.25) is 0 Å². The molecule has 0 atom stereocenters. The van der Waals surface area contributed by atoms with Crippen LogP contribution in [-0.4, -0.2) is 5.78 Å². The molecule has 1 aliphatic carbocycles. The predicted octanol–water partition coefficient (Wildman–Crippen LogP) is 4.74. The van der Waals surface area contributed by atoms with Crippen LogP contribution >= 0.6 is 0 Å². The van der Waals surface area contributed by atoms with Gasteiger partial charge in [-0.3, -0.25) is 4.79 Å². The standard InChI is InChI=1S/C11H12O.C8H10/c1-7-3-4-8(2)11-9(7)5-6-10(11)12;1-7-3-5-8(2)6-4-7/h3-4H,5-6H2,1-2H3;3-6H,1-2H3. The van der Waals surface area contributed by atoms with E-state index in [1.807, 2.05) is 13.0 Å². The van der Waals surface area contributed by atoms with Gasteiger partial charge in [-0.25, -0.2) is 0 Å². The minimum absolute atomic E-state index is 0.325. The van der Waals surface area contributed by atoms with Crippen LogP contribution in [0.25, 0.3) is 0 Å². The van der Waals surface area contributed by atoms with Crippen molar-refractivity contribution in [2.45, 2.75) is 40.5 Å². The Kier molecular flexibility index (Phi) is 4.39. The summed E-state index contributed by atoms with van der Waals surface area (Å²) in [5.74, 6) is 0.325. The van der Waals surface area contributed by atoms with Crippen LogP contribution in [0.3, 0.4) is 0 Å². The second-order valence-corrected chi connectivity index (χ2v) is 5.63. The van der Waals surface area contributed by atoms with Gasteiger partial charge in [0.15, 0.2) is 5.78 Å². The third-order valence-corrected chi connectivity index (χ3v) is 3.85. The van der Waals surface area contributed by atoms with Gasteiger partial charge in [-0.05, 0) is 50.8 Å². The monoisotopic (exact) mass is 266 g/mol. The zero-order valence-electron chi connectivity index (χ0n) is 12.8. The molecule has 0 saturated carbocycles. The molecule has 20 heavy (non-hydrogen) atoms. The van der Waals surface area contributed by atoms with Gasteiger partial charge in [0.05, 0.1) is 0 Å². The lowest BCUT2D eigenvalue weighted by Gasteiger charge is -2.04. The first-order chi connectivity index (χ1) is 9.49. The lowest BCUT2D eigenvalue weighted by Crippen LogP contribution is -1.96. The normalized spacial score (nSPS) is 12.7. The molecule has 0 aliphatic heterocycles. The van der Waals surface area contributed by atoms with E-state index < -0.39 is 0 Å². The van der Waals surface area contributed by atoms with Crippen LogP contribution in [0.1, 0.15) is 44.6 Å². The smallest absolute Gasteiger partial charge is 0.163 e. The van der Waals surface area contributed by atoms with Gasteiger partial charge < -0.3 is 0 Å². The number of Topliss-reactive ketones (excluding diaryl/α,β-unsaturated/α-hetero) is 1. The maximum atomic E-state index is 11.4. The summed E-state index contributed by atoms with van der Waals surface area (Å²) in [4.78, 5) is 11.4. The fourth-order valence-corrected chi connectivity index (χ4v) is 2.58. The molecule has 1 nitrogen and oxygen atoms in total. The van der Waals surface area contributed by atoms with Crippen LogP contribution in [-0.2, 0) is 6.42 Å². The Morgan fingerprint density at radius 3 is 1.70 bits per heavy atom. The lowest BCUT2D eigenvalue weighted by molar-refractivity contribution is 0.0994. The number of rotatable bonds is 0. The van der Waals surface area contributed by atoms with Crippen molar-refractivity contribution in [2.24, 2.45) is 0 Å². The van der Waals surface area contributed by atoms with Gasteiger partial charge in [0.1, 0.15) is 0 Å². The van der Waals surface area contributed by atoms with Crippen LogP contribution in [0.2, 0.25) is 0 Å². The van der Waals surface area contributed by atoms with Crippen LogP contribution in [0.15, 0.2) is 36.4 Å².